The standard InChI is InChI=1S/C16H18BrNO3/c1-10(2)18(15(20)9-19)14-7-4-11-8-12(21-3)5-6-13(11)16(14)17/h4-8,10,19H,9H2,1-3H3. The van der Waals surface area contributed by atoms with Crippen molar-refractivity contribution >= 4 is 38.3 Å². The highest BCUT2D eigenvalue weighted by atomic mass is 79.9. The maximum absolute atomic E-state index is 12.0. The van der Waals surface area contributed by atoms with E-state index in [1.165, 1.54) is 0 Å². The van der Waals surface area contributed by atoms with Crippen LogP contribution in [0.25, 0.3) is 10.8 Å². The number of rotatable bonds is 4. The zero-order chi connectivity index (χ0) is 15.6. The Bertz CT molecular complexity index is 670. The number of aliphatic hydroxyl groups excluding tert-OH is 1. The summed E-state index contributed by atoms with van der Waals surface area (Å²) in [6, 6.07) is 9.54. The minimum absolute atomic E-state index is 0.0448. The second-order valence-electron chi connectivity index (χ2n) is 5.00. The first-order chi connectivity index (χ1) is 9.99. The third kappa shape index (κ3) is 3.04. The SMILES string of the molecule is COc1ccc2c(Br)c(N(C(=O)CO)C(C)C)ccc2c1. The zero-order valence-corrected chi connectivity index (χ0v) is 13.8. The molecule has 0 spiro atoms. The van der Waals surface area contributed by atoms with Crippen molar-refractivity contribution in [3.8, 4) is 5.75 Å². The van der Waals surface area contributed by atoms with Gasteiger partial charge in [0.25, 0.3) is 5.91 Å². The Labute approximate surface area is 132 Å². The molecule has 0 unspecified atom stereocenters. The molecule has 0 atom stereocenters. The van der Waals surface area contributed by atoms with Gasteiger partial charge in [-0.3, -0.25) is 4.79 Å². The maximum Gasteiger partial charge on any atom is 0.252 e. The number of methoxy groups -OCH3 is 1. The van der Waals surface area contributed by atoms with E-state index >= 15 is 0 Å². The Morgan fingerprint density at radius 1 is 1.33 bits per heavy atom. The van der Waals surface area contributed by atoms with Crippen molar-refractivity contribution in [1.82, 2.24) is 0 Å². The predicted molar refractivity (Wildman–Crippen MR) is 87.9 cm³/mol. The fourth-order valence-corrected chi connectivity index (χ4v) is 3.03. The van der Waals surface area contributed by atoms with Gasteiger partial charge in [-0.05, 0) is 64.8 Å². The molecule has 0 radical (unpaired) electrons. The van der Waals surface area contributed by atoms with Crippen LogP contribution in [0, 0.1) is 0 Å². The van der Waals surface area contributed by atoms with E-state index in [9.17, 15) is 4.79 Å². The molecule has 4 nitrogen and oxygen atoms in total. The van der Waals surface area contributed by atoms with Crippen LogP contribution < -0.4 is 9.64 Å². The number of hydrogen-bond donors (Lipinski definition) is 1. The molecule has 0 heterocycles. The summed E-state index contributed by atoms with van der Waals surface area (Å²) in [7, 11) is 1.63. The first-order valence-corrected chi connectivity index (χ1v) is 7.48. The second-order valence-corrected chi connectivity index (χ2v) is 5.79. The van der Waals surface area contributed by atoms with Crippen molar-refractivity contribution in [1.29, 1.82) is 0 Å². The number of ether oxygens (including phenoxy) is 1. The minimum Gasteiger partial charge on any atom is -0.497 e. The number of fused-ring (bicyclic) bond motifs is 1. The average molecular weight is 352 g/mol. The number of amides is 1. The predicted octanol–water partition coefficient (Wildman–Crippen LogP) is 3.34. The molecule has 0 aromatic heterocycles. The average Bonchev–Trinajstić information content (AvgIpc) is 2.48. The number of aliphatic hydroxyl groups is 1. The van der Waals surface area contributed by atoms with E-state index in [2.05, 4.69) is 15.9 Å². The van der Waals surface area contributed by atoms with Gasteiger partial charge in [0.1, 0.15) is 12.4 Å². The lowest BCUT2D eigenvalue weighted by molar-refractivity contribution is -0.121. The van der Waals surface area contributed by atoms with Gasteiger partial charge in [-0.25, -0.2) is 0 Å². The van der Waals surface area contributed by atoms with Gasteiger partial charge in [-0.1, -0.05) is 6.07 Å². The minimum atomic E-state index is -0.509. The molecule has 2 rings (SSSR count). The first kappa shape index (κ1) is 15.8. The summed E-state index contributed by atoms with van der Waals surface area (Å²) in [6.07, 6.45) is 0. The topological polar surface area (TPSA) is 49.8 Å². The molecule has 0 fully saturated rings. The highest BCUT2D eigenvalue weighted by molar-refractivity contribution is 9.10. The third-order valence-corrected chi connectivity index (χ3v) is 4.15. The van der Waals surface area contributed by atoms with Crippen molar-refractivity contribution < 1.29 is 14.6 Å². The summed E-state index contributed by atoms with van der Waals surface area (Å²) in [6.45, 7) is 3.32. The van der Waals surface area contributed by atoms with Crippen LogP contribution >= 0.6 is 15.9 Å². The van der Waals surface area contributed by atoms with E-state index in [0.29, 0.717) is 0 Å². The number of nitrogens with zero attached hydrogens (tertiary/aromatic N) is 1. The molecule has 0 aliphatic rings. The van der Waals surface area contributed by atoms with Gasteiger partial charge >= 0.3 is 0 Å². The van der Waals surface area contributed by atoms with E-state index in [1.54, 1.807) is 12.0 Å². The van der Waals surface area contributed by atoms with Crippen molar-refractivity contribution in [3.05, 3.63) is 34.8 Å². The Morgan fingerprint density at radius 3 is 2.62 bits per heavy atom. The van der Waals surface area contributed by atoms with Gasteiger partial charge in [0.05, 0.1) is 12.8 Å². The lowest BCUT2D eigenvalue weighted by atomic mass is 10.1. The van der Waals surface area contributed by atoms with E-state index in [0.717, 1.165) is 26.7 Å². The smallest absolute Gasteiger partial charge is 0.252 e. The molecular formula is C16H18BrNO3. The normalized spacial score (nSPS) is 11.0. The van der Waals surface area contributed by atoms with Crippen LogP contribution in [0.15, 0.2) is 34.8 Å². The lowest BCUT2D eigenvalue weighted by Gasteiger charge is -2.27. The summed E-state index contributed by atoms with van der Waals surface area (Å²) < 4.78 is 6.05. The Kier molecular flexibility index (Phi) is 4.85. The Hall–Kier alpha value is -1.59. The molecule has 5 heteroatoms. The number of carbonyl (C=O) groups excluding carboxylic acids is 1. The first-order valence-electron chi connectivity index (χ1n) is 6.68. The zero-order valence-electron chi connectivity index (χ0n) is 12.3. The lowest BCUT2D eigenvalue weighted by Crippen LogP contribution is -2.39. The van der Waals surface area contributed by atoms with Crippen LogP contribution in [-0.4, -0.2) is 30.8 Å². The van der Waals surface area contributed by atoms with Gasteiger partial charge in [0, 0.05) is 10.5 Å². The molecule has 0 bridgehead atoms. The van der Waals surface area contributed by atoms with Crippen LogP contribution in [0.1, 0.15) is 13.8 Å². The van der Waals surface area contributed by atoms with Gasteiger partial charge in [-0.2, -0.15) is 0 Å². The molecular weight excluding hydrogens is 334 g/mol. The van der Waals surface area contributed by atoms with Gasteiger partial charge < -0.3 is 14.7 Å². The number of carbonyl (C=O) groups is 1. The van der Waals surface area contributed by atoms with Gasteiger partial charge in [-0.15, -0.1) is 0 Å². The van der Waals surface area contributed by atoms with Crippen LogP contribution in [0.3, 0.4) is 0 Å². The van der Waals surface area contributed by atoms with E-state index in [1.807, 2.05) is 44.2 Å². The highest BCUT2D eigenvalue weighted by Crippen LogP contribution is 2.36. The second kappa shape index (κ2) is 6.45. The summed E-state index contributed by atoms with van der Waals surface area (Å²) in [4.78, 5) is 13.6. The van der Waals surface area contributed by atoms with Crippen LogP contribution in [0.2, 0.25) is 0 Å². The maximum atomic E-state index is 12.0. The largest absolute Gasteiger partial charge is 0.497 e. The third-order valence-electron chi connectivity index (χ3n) is 3.32. The molecule has 0 saturated carbocycles. The molecule has 0 aliphatic carbocycles. The number of halogens is 1. The number of hydrogen-bond acceptors (Lipinski definition) is 3. The van der Waals surface area contributed by atoms with Crippen LogP contribution in [-0.2, 0) is 4.79 Å². The molecule has 1 N–H and O–H groups in total. The van der Waals surface area contributed by atoms with Crippen LogP contribution in [0.4, 0.5) is 5.69 Å². The van der Waals surface area contributed by atoms with Crippen molar-refractivity contribution in [3.63, 3.8) is 0 Å². The van der Waals surface area contributed by atoms with Crippen molar-refractivity contribution in [2.24, 2.45) is 0 Å². The highest BCUT2D eigenvalue weighted by Gasteiger charge is 2.21. The quantitative estimate of drug-likeness (QED) is 0.918. The molecule has 21 heavy (non-hydrogen) atoms. The monoisotopic (exact) mass is 351 g/mol. The van der Waals surface area contributed by atoms with Crippen molar-refractivity contribution in [2.45, 2.75) is 19.9 Å². The molecule has 2 aromatic rings. The Morgan fingerprint density at radius 2 is 2.05 bits per heavy atom. The van der Waals surface area contributed by atoms with E-state index < -0.39 is 6.61 Å². The van der Waals surface area contributed by atoms with Crippen LogP contribution in [0.5, 0.6) is 5.75 Å². The summed E-state index contributed by atoms with van der Waals surface area (Å²) in [5.74, 6) is 0.466. The molecule has 2 aromatic carbocycles. The fraction of sp³-hybridized carbons (Fsp3) is 0.312. The number of anilines is 1. The van der Waals surface area contributed by atoms with E-state index in [-0.39, 0.29) is 11.9 Å². The van der Waals surface area contributed by atoms with Crippen molar-refractivity contribution in [2.75, 3.05) is 18.6 Å². The molecule has 112 valence electrons. The Balaban J connectivity index is 2.59. The molecule has 0 aliphatic heterocycles. The summed E-state index contributed by atoms with van der Waals surface area (Å²) in [5.41, 5.74) is 0.752. The molecule has 1 amide bonds. The van der Waals surface area contributed by atoms with E-state index in [4.69, 9.17) is 9.84 Å². The van der Waals surface area contributed by atoms with Gasteiger partial charge in [0.15, 0.2) is 0 Å². The fourth-order valence-electron chi connectivity index (χ4n) is 2.35. The summed E-state index contributed by atoms with van der Waals surface area (Å²) in [5, 5.41) is 11.2. The molecule has 0 saturated heterocycles. The van der Waals surface area contributed by atoms with Gasteiger partial charge in [0.2, 0.25) is 0 Å². The number of benzene rings is 2. The summed E-state index contributed by atoms with van der Waals surface area (Å²) >= 11 is 3.58.